The van der Waals surface area contributed by atoms with E-state index >= 15 is 0 Å². The van der Waals surface area contributed by atoms with E-state index < -0.39 is 11.9 Å². The van der Waals surface area contributed by atoms with Gasteiger partial charge < -0.3 is 13.8 Å². The first-order valence-corrected chi connectivity index (χ1v) is 5.68. The zero-order valence-electron chi connectivity index (χ0n) is 10.4. The molecule has 0 N–H and O–H groups in total. The molecule has 1 atom stereocenters. The van der Waals surface area contributed by atoms with Gasteiger partial charge in [-0.25, -0.2) is 4.98 Å². The molecule has 0 fully saturated rings. The summed E-state index contributed by atoms with van der Waals surface area (Å²) in [5.41, 5.74) is 0. The number of nitrogens with zero attached hydrogens (tertiary/aromatic N) is 3. The number of methoxy groups -OCH3 is 1. The van der Waals surface area contributed by atoms with E-state index in [1.807, 2.05) is 0 Å². The molecule has 2 heterocycles. The van der Waals surface area contributed by atoms with Gasteiger partial charge in [-0.05, 0) is 0 Å². The van der Waals surface area contributed by atoms with Crippen molar-refractivity contribution in [2.24, 2.45) is 5.92 Å². The Morgan fingerprint density at radius 3 is 2.89 bits per heavy atom. The molecule has 0 aliphatic heterocycles. The highest BCUT2D eigenvalue weighted by molar-refractivity contribution is 5.95. The Hall–Kier alpha value is -2.44. The van der Waals surface area contributed by atoms with Gasteiger partial charge in [-0.1, -0.05) is 5.16 Å². The van der Waals surface area contributed by atoms with Crippen molar-refractivity contribution >= 4 is 11.8 Å². The van der Waals surface area contributed by atoms with Crippen LogP contribution in [0.3, 0.4) is 0 Å². The lowest BCUT2D eigenvalue weighted by molar-refractivity contribution is -0.145. The van der Waals surface area contributed by atoms with Gasteiger partial charge in [0, 0.05) is 31.4 Å². The zero-order valence-corrected chi connectivity index (χ0v) is 10.4. The van der Waals surface area contributed by atoms with Gasteiger partial charge in [0.25, 0.3) is 0 Å². The molecule has 0 saturated heterocycles. The van der Waals surface area contributed by atoms with Gasteiger partial charge in [-0.3, -0.25) is 9.59 Å². The van der Waals surface area contributed by atoms with Gasteiger partial charge in [0.2, 0.25) is 11.5 Å². The van der Waals surface area contributed by atoms with Gasteiger partial charge in [0.1, 0.15) is 0 Å². The number of ether oxygens (including phenoxy) is 1. The van der Waals surface area contributed by atoms with Crippen LogP contribution in [0.5, 0.6) is 0 Å². The molecule has 100 valence electrons. The Kier molecular flexibility index (Phi) is 4.07. The average molecular weight is 263 g/mol. The van der Waals surface area contributed by atoms with Crippen LogP contribution in [0, 0.1) is 5.92 Å². The van der Waals surface area contributed by atoms with Crippen molar-refractivity contribution in [2.75, 3.05) is 7.11 Å². The predicted octanol–water partition coefficient (Wildman–Crippen LogP) is 0.933. The van der Waals surface area contributed by atoms with Gasteiger partial charge in [0.15, 0.2) is 0 Å². The number of aromatic nitrogens is 3. The maximum absolute atomic E-state index is 11.9. The van der Waals surface area contributed by atoms with Crippen molar-refractivity contribution in [1.29, 1.82) is 0 Å². The van der Waals surface area contributed by atoms with Gasteiger partial charge in [-0.2, -0.15) is 0 Å². The number of ketones is 1. The van der Waals surface area contributed by atoms with Crippen molar-refractivity contribution in [3.05, 3.63) is 36.7 Å². The van der Waals surface area contributed by atoms with Crippen molar-refractivity contribution < 1.29 is 18.8 Å². The molecule has 0 aromatic carbocycles. The summed E-state index contributed by atoms with van der Waals surface area (Å²) in [6.45, 7) is 0.326. The molecule has 0 amide bonds. The van der Waals surface area contributed by atoms with E-state index in [2.05, 4.69) is 10.1 Å². The molecule has 7 nitrogen and oxygen atoms in total. The molecule has 2 rings (SSSR count). The largest absolute Gasteiger partial charge is 0.469 e. The van der Waals surface area contributed by atoms with Crippen LogP contribution in [0.2, 0.25) is 0 Å². The third kappa shape index (κ3) is 3.27. The Labute approximate surface area is 109 Å². The summed E-state index contributed by atoms with van der Waals surface area (Å²) in [4.78, 5) is 27.5. The first-order valence-electron chi connectivity index (χ1n) is 5.68. The van der Waals surface area contributed by atoms with E-state index in [0.717, 1.165) is 0 Å². The first kappa shape index (κ1) is 13.0. The molecule has 0 bridgehead atoms. The van der Waals surface area contributed by atoms with E-state index in [1.54, 1.807) is 23.3 Å². The zero-order chi connectivity index (χ0) is 13.7. The number of esters is 1. The third-order valence-electron chi connectivity index (χ3n) is 2.67. The maximum Gasteiger partial charge on any atom is 0.310 e. The molecule has 2 aromatic heterocycles. The second-order valence-corrected chi connectivity index (χ2v) is 3.98. The molecule has 0 aliphatic carbocycles. The summed E-state index contributed by atoms with van der Waals surface area (Å²) < 4.78 is 11.2. The van der Waals surface area contributed by atoms with E-state index in [0.29, 0.717) is 6.54 Å². The van der Waals surface area contributed by atoms with Crippen molar-refractivity contribution in [3.8, 4) is 0 Å². The minimum Gasteiger partial charge on any atom is -0.469 e. The van der Waals surface area contributed by atoms with E-state index in [4.69, 9.17) is 9.26 Å². The maximum atomic E-state index is 11.9. The van der Waals surface area contributed by atoms with Crippen LogP contribution in [-0.2, 0) is 16.1 Å². The number of carbonyl (C=O) groups excluding carboxylic acids is 2. The highest BCUT2D eigenvalue weighted by atomic mass is 16.5. The fourth-order valence-corrected chi connectivity index (χ4v) is 1.72. The third-order valence-corrected chi connectivity index (χ3v) is 2.67. The molecular formula is C12H13N3O4. The smallest absolute Gasteiger partial charge is 0.310 e. The molecule has 19 heavy (non-hydrogen) atoms. The SMILES string of the molecule is COC(=O)[C@@H](CC(=O)c1ccno1)Cn1ccnc1. The normalized spacial score (nSPS) is 12.1. The summed E-state index contributed by atoms with van der Waals surface area (Å²) in [5, 5.41) is 3.46. The number of hydrogen-bond donors (Lipinski definition) is 0. The van der Waals surface area contributed by atoms with Gasteiger partial charge >= 0.3 is 5.97 Å². The topological polar surface area (TPSA) is 87.2 Å². The highest BCUT2D eigenvalue weighted by Crippen LogP contribution is 2.14. The van der Waals surface area contributed by atoms with E-state index in [9.17, 15) is 9.59 Å². The van der Waals surface area contributed by atoms with Crippen molar-refractivity contribution in [2.45, 2.75) is 13.0 Å². The second kappa shape index (κ2) is 5.94. The van der Waals surface area contributed by atoms with E-state index in [1.165, 1.54) is 19.4 Å². The van der Waals surface area contributed by atoms with Gasteiger partial charge in [0.05, 0.1) is 25.6 Å². The monoisotopic (exact) mass is 263 g/mol. The summed E-state index contributed by atoms with van der Waals surface area (Å²) >= 11 is 0. The Morgan fingerprint density at radius 2 is 2.32 bits per heavy atom. The Balaban J connectivity index is 2.06. The lowest BCUT2D eigenvalue weighted by atomic mass is 10.0. The molecule has 0 saturated carbocycles. The van der Waals surface area contributed by atoms with Crippen LogP contribution in [0.1, 0.15) is 17.0 Å². The predicted molar refractivity (Wildman–Crippen MR) is 63.2 cm³/mol. The fourth-order valence-electron chi connectivity index (χ4n) is 1.72. The fraction of sp³-hybridized carbons (Fsp3) is 0.333. The quantitative estimate of drug-likeness (QED) is 0.569. The first-order chi connectivity index (χ1) is 9.20. The molecule has 0 aliphatic rings. The summed E-state index contributed by atoms with van der Waals surface area (Å²) in [6.07, 6.45) is 6.28. The molecule has 0 spiro atoms. The van der Waals surface area contributed by atoms with Crippen LogP contribution in [0.25, 0.3) is 0 Å². The van der Waals surface area contributed by atoms with Crippen LogP contribution in [0.15, 0.2) is 35.5 Å². The summed E-state index contributed by atoms with van der Waals surface area (Å²) in [6, 6.07) is 1.47. The average Bonchev–Trinajstić information content (AvgIpc) is 3.09. The minimum atomic E-state index is -0.586. The highest BCUT2D eigenvalue weighted by Gasteiger charge is 2.25. The van der Waals surface area contributed by atoms with Crippen molar-refractivity contribution in [1.82, 2.24) is 14.7 Å². The molecule has 0 radical (unpaired) electrons. The van der Waals surface area contributed by atoms with E-state index in [-0.39, 0.29) is 18.0 Å². The van der Waals surface area contributed by atoms with Crippen LogP contribution in [-0.4, -0.2) is 33.6 Å². The lowest BCUT2D eigenvalue weighted by Crippen LogP contribution is -2.24. The summed E-state index contributed by atoms with van der Waals surface area (Å²) in [7, 11) is 1.29. The molecule has 7 heteroatoms. The number of Topliss-reactive ketones (excluding diaryl/α,β-unsaturated/α-hetero) is 1. The van der Waals surface area contributed by atoms with Crippen LogP contribution >= 0.6 is 0 Å². The number of hydrogen-bond acceptors (Lipinski definition) is 6. The lowest BCUT2D eigenvalue weighted by Gasteiger charge is -2.13. The number of rotatable bonds is 6. The molecular weight excluding hydrogens is 250 g/mol. The van der Waals surface area contributed by atoms with Crippen molar-refractivity contribution in [3.63, 3.8) is 0 Å². The van der Waals surface area contributed by atoms with Crippen LogP contribution < -0.4 is 0 Å². The number of carbonyl (C=O) groups is 2. The van der Waals surface area contributed by atoms with Gasteiger partial charge in [-0.15, -0.1) is 0 Å². The molecule has 2 aromatic rings. The minimum absolute atomic E-state index is 0.0000463. The Morgan fingerprint density at radius 1 is 1.47 bits per heavy atom. The standard InChI is InChI=1S/C12H13N3O4/c1-18-12(17)9(7-15-5-4-13-8-15)6-10(16)11-2-3-14-19-11/h2-5,8-9H,6-7H2,1H3/t9-/m0/s1. The summed E-state index contributed by atoms with van der Waals surface area (Å²) in [5.74, 6) is -1.18. The Bertz CT molecular complexity index is 533. The molecule has 0 unspecified atom stereocenters. The number of imidazole rings is 1. The second-order valence-electron chi connectivity index (χ2n) is 3.98. The van der Waals surface area contributed by atoms with Crippen LogP contribution in [0.4, 0.5) is 0 Å².